The number of hydrogen-bond acceptors (Lipinski definition) is 6. The van der Waals surface area contributed by atoms with E-state index in [2.05, 4.69) is 5.43 Å². The van der Waals surface area contributed by atoms with Gasteiger partial charge in [0.2, 0.25) is 15.7 Å². The predicted molar refractivity (Wildman–Crippen MR) is 62.8 cm³/mol. The van der Waals surface area contributed by atoms with E-state index in [1.54, 1.807) is 6.92 Å². The van der Waals surface area contributed by atoms with Crippen molar-refractivity contribution in [1.29, 1.82) is 0 Å². The third-order valence-corrected chi connectivity index (χ3v) is 5.46. The number of nitrogens with one attached hydrogen (secondary N) is 1. The van der Waals surface area contributed by atoms with Crippen LogP contribution in [0.3, 0.4) is 0 Å². The normalized spacial score (nSPS) is 24.1. The zero-order valence-corrected chi connectivity index (χ0v) is 10.9. The van der Waals surface area contributed by atoms with Gasteiger partial charge in [-0.25, -0.2) is 23.6 Å². The molecule has 1 spiro atoms. The molecule has 1 heterocycles. The van der Waals surface area contributed by atoms with Crippen molar-refractivity contribution in [3.8, 4) is 0 Å². The second-order valence-electron chi connectivity index (χ2n) is 4.34. The van der Waals surface area contributed by atoms with E-state index >= 15 is 0 Å². The van der Waals surface area contributed by atoms with Crippen molar-refractivity contribution in [3.05, 3.63) is 11.3 Å². The highest BCUT2D eigenvalue weighted by atomic mass is 32.2. The average Bonchev–Trinajstić information content (AvgIpc) is 2.81. The van der Waals surface area contributed by atoms with E-state index in [1.807, 2.05) is 0 Å². The van der Waals surface area contributed by atoms with E-state index in [9.17, 15) is 18.3 Å². The van der Waals surface area contributed by atoms with E-state index in [0.29, 0.717) is 12.8 Å². The molecule has 0 atom stereocenters. The van der Waals surface area contributed by atoms with Gasteiger partial charge in [-0.2, -0.15) is 0 Å². The van der Waals surface area contributed by atoms with Gasteiger partial charge in [-0.1, -0.05) is 0 Å². The van der Waals surface area contributed by atoms with Gasteiger partial charge in [0.1, 0.15) is 0 Å². The summed E-state index contributed by atoms with van der Waals surface area (Å²) < 4.78 is 28.8. The molecule has 1 amide bonds. The summed E-state index contributed by atoms with van der Waals surface area (Å²) in [6.07, 6.45) is 1.45. The van der Waals surface area contributed by atoms with E-state index in [-0.39, 0.29) is 6.61 Å². The number of aliphatic hydroxyl groups is 1. The van der Waals surface area contributed by atoms with Crippen LogP contribution in [0.25, 0.3) is 0 Å². The number of carbonyl (C=O) groups is 1. The van der Waals surface area contributed by atoms with Gasteiger partial charge >= 0.3 is 6.09 Å². The molecule has 8 heteroatoms. The first kappa shape index (κ1) is 13.0. The van der Waals surface area contributed by atoms with Crippen LogP contribution in [0, 0.1) is 0 Å². The Morgan fingerprint density at radius 2 is 2.17 bits per heavy atom. The SMILES string of the molecule is CCOC(=O)NN1C(O)=CS(=O)(=O)C12CCCC2. The summed E-state index contributed by atoms with van der Waals surface area (Å²) in [4.78, 5) is 10.1. The summed E-state index contributed by atoms with van der Waals surface area (Å²) >= 11 is 0. The molecule has 1 aliphatic carbocycles. The van der Waals surface area contributed by atoms with Crippen molar-refractivity contribution in [1.82, 2.24) is 10.4 Å². The molecular formula is C10H16N2O5S. The van der Waals surface area contributed by atoms with Crippen molar-refractivity contribution in [2.24, 2.45) is 0 Å². The molecule has 1 aliphatic heterocycles. The highest BCUT2D eigenvalue weighted by molar-refractivity contribution is 7.95. The lowest BCUT2D eigenvalue weighted by molar-refractivity contribution is 0.0629. The van der Waals surface area contributed by atoms with E-state index in [4.69, 9.17) is 4.74 Å². The first-order chi connectivity index (χ1) is 8.43. The molecule has 0 aromatic rings. The molecule has 2 rings (SSSR count). The summed E-state index contributed by atoms with van der Waals surface area (Å²) in [6.45, 7) is 1.81. The van der Waals surface area contributed by atoms with Crippen LogP contribution in [0.1, 0.15) is 32.6 Å². The molecule has 7 nitrogen and oxygen atoms in total. The summed E-state index contributed by atoms with van der Waals surface area (Å²) in [6, 6.07) is 0. The third kappa shape index (κ3) is 1.80. The Morgan fingerprint density at radius 1 is 1.56 bits per heavy atom. The number of sulfone groups is 1. The van der Waals surface area contributed by atoms with Crippen LogP contribution in [0.5, 0.6) is 0 Å². The number of hydrazine groups is 1. The Kier molecular flexibility index (Phi) is 3.14. The number of carbonyl (C=O) groups excluding carboxylic acids is 1. The molecule has 0 radical (unpaired) electrons. The Bertz CT molecular complexity index is 478. The fraction of sp³-hybridized carbons (Fsp3) is 0.700. The topological polar surface area (TPSA) is 95.9 Å². The zero-order chi connectivity index (χ0) is 13.4. The predicted octanol–water partition coefficient (Wildman–Crippen LogP) is 1.01. The number of ether oxygens (including phenoxy) is 1. The summed E-state index contributed by atoms with van der Waals surface area (Å²) in [5, 5.41) is 11.5. The monoisotopic (exact) mass is 276 g/mol. The second-order valence-corrected chi connectivity index (χ2v) is 6.43. The van der Waals surface area contributed by atoms with Crippen LogP contribution < -0.4 is 5.43 Å². The molecule has 0 unspecified atom stereocenters. The maximum atomic E-state index is 12.1. The van der Waals surface area contributed by atoms with Gasteiger partial charge in [0.15, 0.2) is 4.87 Å². The van der Waals surface area contributed by atoms with Gasteiger partial charge in [0.25, 0.3) is 0 Å². The second kappa shape index (κ2) is 4.34. The standard InChI is InChI=1S/C10H16N2O5S/c1-2-17-9(14)11-12-8(13)7-18(15,16)10(12)5-3-4-6-10/h7,13H,2-6H2,1H3,(H,11,14). The molecule has 0 aromatic carbocycles. The Hall–Kier alpha value is -1.44. The minimum Gasteiger partial charge on any atom is -0.493 e. The molecule has 1 fully saturated rings. The number of amides is 1. The van der Waals surface area contributed by atoms with Gasteiger partial charge in [-0.15, -0.1) is 0 Å². The van der Waals surface area contributed by atoms with Crippen LogP contribution in [-0.4, -0.2) is 36.1 Å². The first-order valence-corrected chi connectivity index (χ1v) is 7.36. The van der Waals surface area contributed by atoms with Gasteiger partial charge in [-0.05, 0) is 32.6 Å². The van der Waals surface area contributed by atoms with Crippen molar-refractivity contribution in [2.75, 3.05) is 6.61 Å². The lowest BCUT2D eigenvalue weighted by atomic mass is 10.2. The number of nitrogens with zero attached hydrogens (tertiary/aromatic N) is 1. The first-order valence-electron chi connectivity index (χ1n) is 5.82. The minimum absolute atomic E-state index is 0.171. The quantitative estimate of drug-likeness (QED) is 0.781. The van der Waals surface area contributed by atoms with Crippen LogP contribution in [-0.2, 0) is 14.6 Å². The molecule has 2 aliphatic rings. The molecular weight excluding hydrogens is 260 g/mol. The molecule has 0 aromatic heterocycles. The summed E-state index contributed by atoms with van der Waals surface area (Å²) in [5.74, 6) is -0.468. The fourth-order valence-corrected chi connectivity index (χ4v) is 4.34. The van der Waals surface area contributed by atoms with Gasteiger partial charge < -0.3 is 9.84 Å². The highest BCUT2D eigenvalue weighted by Gasteiger charge is 2.56. The maximum absolute atomic E-state index is 12.1. The molecule has 2 N–H and O–H groups in total. The highest BCUT2D eigenvalue weighted by Crippen LogP contribution is 2.45. The largest absolute Gasteiger partial charge is 0.493 e. The molecule has 102 valence electrons. The van der Waals surface area contributed by atoms with Gasteiger partial charge in [0.05, 0.1) is 12.0 Å². The molecule has 1 saturated carbocycles. The van der Waals surface area contributed by atoms with E-state index in [0.717, 1.165) is 23.3 Å². The zero-order valence-electron chi connectivity index (χ0n) is 10.0. The summed E-state index contributed by atoms with van der Waals surface area (Å²) in [7, 11) is -3.60. The summed E-state index contributed by atoms with van der Waals surface area (Å²) in [5.41, 5.74) is 2.29. The van der Waals surface area contributed by atoms with E-state index < -0.39 is 26.7 Å². The van der Waals surface area contributed by atoms with Crippen LogP contribution in [0.15, 0.2) is 11.3 Å². The number of rotatable bonds is 2. The van der Waals surface area contributed by atoms with Crippen LogP contribution >= 0.6 is 0 Å². The lowest BCUT2D eigenvalue weighted by Crippen LogP contribution is -2.55. The lowest BCUT2D eigenvalue weighted by Gasteiger charge is -2.34. The molecule has 0 bridgehead atoms. The number of hydrogen-bond donors (Lipinski definition) is 2. The van der Waals surface area contributed by atoms with Crippen LogP contribution in [0.4, 0.5) is 4.79 Å². The molecule has 0 saturated heterocycles. The van der Waals surface area contributed by atoms with Gasteiger partial charge in [-0.3, -0.25) is 0 Å². The van der Waals surface area contributed by atoms with Crippen molar-refractivity contribution < 1.29 is 23.1 Å². The Morgan fingerprint density at radius 3 is 2.72 bits per heavy atom. The smallest absolute Gasteiger partial charge is 0.426 e. The van der Waals surface area contributed by atoms with Crippen molar-refractivity contribution in [3.63, 3.8) is 0 Å². The number of aliphatic hydroxyl groups excluding tert-OH is 1. The van der Waals surface area contributed by atoms with Crippen molar-refractivity contribution >= 4 is 15.9 Å². The Balaban J connectivity index is 2.28. The minimum atomic E-state index is -3.60. The van der Waals surface area contributed by atoms with Crippen molar-refractivity contribution in [2.45, 2.75) is 37.5 Å². The van der Waals surface area contributed by atoms with E-state index in [1.165, 1.54) is 0 Å². The molecule has 18 heavy (non-hydrogen) atoms. The van der Waals surface area contributed by atoms with Gasteiger partial charge in [0, 0.05) is 0 Å². The fourth-order valence-electron chi connectivity index (χ4n) is 2.49. The third-order valence-electron chi connectivity index (χ3n) is 3.29. The maximum Gasteiger partial charge on any atom is 0.426 e. The Labute approximate surface area is 105 Å². The van der Waals surface area contributed by atoms with Crippen LogP contribution in [0.2, 0.25) is 0 Å². The average molecular weight is 276 g/mol.